The second-order valence-corrected chi connectivity index (χ2v) is 7.84. The van der Waals surface area contributed by atoms with Crippen molar-refractivity contribution in [2.75, 3.05) is 37.6 Å². The van der Waals surface area contributed by atoms with Crippen molar-refractivity contribution >= 4 is 34.8 Å². The summed E-state index contributed by atoms with van der Waals surface area (Å²) in [5, 5.41) is 4.11. The lowest BCUT2D eigenvalue weighted by Crippen LogP contribution is -2.49. The van der Waals surface area contributed by atoms with Crippen LogP contribution < -0.4 is 10.2 Å². The molecule has 4 nitrogen and oxygen atoms in total. The van der Waals surface area contributed by atoms with Gasteiger partial charge in [-0.1, -0.05) is 41.4 Å². The third-order valence-corrected chi connectivity index (χ3v) is 5.73. The molecule has 1 amide bonds. The van der Waals surface area contributed by atoms with Crippen LogP contribution in [0.3, 0.4) is 0 Å². The first-order chi connectivity index (χ1) is 12.9. The van der Waals surface area contributed by atoms with Gasteiger partial charge in [0.15, 0.2) is 0 Å². The van der Waals surface area contributed by atoms with Crippen LogP contribution in [-0.2, 0) is 11.3 Å². The Bertz CT molecular complexity index is 817. The summed E-state index contributed by atoms with van der Waals surface area (Å²) in [5.41, 5.74) is 4.82. The molecule has 1 aliphatic rings. The van der Waals surface area contributed by atoms with E-state index in [2.05, 4.69) is 47.2 Å². The van der Waals surface area contributed by atoms with Gasteiger partial charge in [0.05, 0.1) is 6.54 Å². The Morgan fingerprint density at radius 2 is 1.81 bits per heavy atom. The lowest BCUT2D eigenvalue weighted by Gasteiger charge is -2.36. The van der Waals surface area contributed by atoms with E-state index in [0.29, 0.717) is 23.1 Å². The van der Waals surface area contributed by atoms with Crippen LogP contribution in [0.15, 0.2) is 36.4 Å². The van der Waals surface area contributed by atoms with E-state index in [0.717, 1.165) is 31.7 Å². The maximum atomic E-state index is 12.3. The maximum absolute atomic E-state index is 12.3. The van der Waals surface area contributed by atoms with E-state index >= 15 is 0 Å². The molecule has 1 N–H and O–H groups in total. The topological polar surface area (TPSA) is 35.6 Å². The van der Waals surface area contributed by atoms with Crippen molar-refractivity contribution in [1.29, 1.82) is 0 Å². The molecule has 2 aromatic carbocycles. The zero-order valence-corrected chi connectivity index (χ0v) is 17.3. The van der Waals surface area contributed by atoms with Crippen molar-refractivity contribution in [2.24, 2.45) is 0 Å². The SMILES string of the molecule is Cc1cccc(N2CCN(CC(=O)NCc3ccc(Cl)cc3Cl)CC2)c1C. The van der Waals surface area contributed by atoms with Gasteiger partial charge >= 0.3 is 0 Å². The molecule has 0 unspecified atom stereocenters. The second-order valence-electron chi connectivity index (χ2n) is 6.99. The molecule has 1 fully saturated rings. The van der Waals surface area contributed by atoms with E-state index in [-0.39, 0.29) is 5.91 Å². The number of piperazine rings is 1. The second kappa shape index (κ2) is 8.96. The number of nitrogens with zero attached hydrogens (tertiary/aromatic N) is 2. The third kappa shape index (κ3) is 5.16. The molecule has 1 heterocycles. The van der Waals surface area contributed by atoms with Crippen LogP contribution in [-0.4, -0.2) is 43.5 Å². The van der Waals surface area contributed by atoms with Crippen molar-refractivity contribution in [2.45, 2.75) is 20.4 Å². The van der Waals surface area contributed by atoms with Gasteiger partial charge in [-0.05, 0) is 48.7 Å². The van der Waals surface area contributed by atoms with Gasteiger partial charge in [-0.25, -0.2) is 0 Å². The van der Waals surface area contributed by atoms with Crippen LogP contribution in [0.1, 0.15) is 16.7 Å². The molecule has 6 heteroatoms. The summed E-state index contributed by atoms with van der Waals surface area (Å²) in [7, 11) is 0. The highest BCUT2D eigenvalue weighted by Gasteiger charge is 2.20. The number of hydrogen-bond acceptors (Lipinski definition) is 3. The Morgan fingerprint density at radius 3 is 2.52 bits per heavy atom. The average Bonchev–Trinajstić information content (AvgIpc) is 2.64. The summed E-state index contributed by atoms with van der Waals surface area (Å²) in [6.45, 7) is 8.76. The van der Waals surface area contributed by atoms with Crippen molar-refractivity contribution in [3.8, 4) is 0 Å². The van der Waals surface area contributed by atoms with Crippen LogP contribution in [0.5, 0.6) is 0 Å². The summed E-state index contributed by atoms with van der Waals surface area (Å²) >= 11 is 12.1. The number of hydrogen-bond donors (Lipinski definition) is 1. The molecule has 0 saturated carbocycles. The monoisotopic (exact) mass is 405 g/mol. The van der Waals surface area contributed by atoms with Crippen molar-refractivity contribution in [1.82, 2.24) is 10.2 Å². The zero-order valence-electron chi connectivity index (χ0n) is 15.8. The predicted octanol–water partition coefficient (Wildman–Crippen LogP) is 4.05. The predicted molar refractivity (Wildman–Crippen MR) is 113 cm³/mol. The Hall–Kier alpha value is -1.75. The van der Waals surface area contributed by atoms with E-state index in [1.54, 1.807) is 12.1 Å². The molecule has 144 valence electrons. The lowest BCUT2D eigenvalue weighted by atomic mass is 10.1. The van der Waals surface area contributed by atoms with E-state index < -0.39 is 0 Å². The summed E-state index contributed by atoms with van der Waals surface area (Å²) in [5.74, 6) is 0.0150. The molecule has 0 aromatic heterocycles. The highest BCUT2D eigenvalue weighted by molar-refractivity contribution is 6.35. The average molecular weight is 406 g/mol. The van der Waals surface area contributed by atoms with Crippen molar-refractivity contribution in [3.63, 3.8) is 0 Å². The Labute approximate surface area is 171 Å². The first-order valence-corrected chi connectivity index (χ1v) is 9.94. The normalized spacial score (nSPS) is 15.0. The Kier molecular flexibility index (Phi) is 6.64. The molecular formula is C21H25Cl2N3O. The van der Waals surface area contributed by atoms with E-state index in [9.17, 15) is 4.79 Å². The molecule has 2 aromatic rings. The van der Waals surface area contributed by atoms with Gasteiger partial charge < -0.3 is 10.2 Å². The van der Waals surface area contributed by atoms with Crippen molar-refractivity contribution in [3.05, 3.63) is 63.1 Å². The maximum Gasteiger partial charge on any atom is 0.234 e. The van der Waals surface area contributed by atoms with Gasteiger partial charge in [-0.15, -0.1) is 0 Å². The van der Waals surface area contributed by atoms with Crippen LogP contribution >= 0.6 is 23.2 Å². The first kappa shape index (κ1) is 20.0. The number of benzene rings is 2. The van der Waals surface area contributed by atoms with Gasteiger partial charge in [0, 0.05) is 48.5 Å². The number of halogens is 2. The van der Waals surface area contributed by atoms with Gasteiger partial charge in [0.25, 0.3) is 0 Å². The highest BCUT2D eigenvalue weighted by Crippen LogP contribution is 2.24. The molecule has 0 radical (unpaired) electrons. The van der Waals surface area contributed by atoms with Gasteiger partial charge in [-0.2, -0.15) is 0 Å². The summed E-state index contributed by atoms with van der Waals surface area (Å²) in [4.78, 5) is 16.9. The minimum Gasteiger partial charge on any atom is -0.369 e. The first-order valence-electron chi connectivity index (χ1n) is 9.18. The fourth-order valence-corrected chi connectivity index (χ4v) is 3.82. The molecule has 3 rings (SSSR count). The number of carbonyl (C=O) groups is 1. The van der Waals surface area contributed by atoms with Crippen molar-refractivity contribution < 1.29 is 4.79 Å². The van der Waals surface area contributed by atoms with Crippen LogP contribution in [0.2, 0.25) is 10.0 Å². The Morgan fingerprint density at radius 1 is 1.07 bits per heavy atom. The van der Waals surface area contributed by atoms with Gasteiger partial charge in [0.1, 0.15) is 0 Å². The number of rotatable bonds is 5. The minimum absolute atomic E-state index is 0.0150. The van der Waals surface area contributed by atoms with E-state index in [1.165, 1.54) is 16.8 Å². The fraction of sp³-hybridized carbons (Fsp3) is 0.381. The van der Waals surface area contributed by atoms with Gasteiger partial charge in [0.2, 0.25) is 5.91 Å². The summed E-state index contributed by atoms with van der Waals surface area (Å²) < 4.78 is 0. The molecule has 0 atom stereocenters. The van der Waals surface area contributed by atoms with E-state index in [1.807, 2.05) is 6.07 Å². The smallest absolute Gasteiger partial charge is 0.234 e. The van der Waals surface area contributed by atoms with Crippen LogP contribution in [0.25, 0.3) is 0 Å². The molecular weight excluding hydrogens is 381 g/mol. The quantitative estimate of drug-likeness (QED) is 0.814. The number of anilines is 1. The molecule has 1 aliphatic heterocycles. The standard InChI is InChI=1S/C21H25Cl2N3O/c1-15-4-3-5-20(16(15)2)26-10-8-25(9-11-26)14-21(27)24-13-17-6-7-18(22)12-19(17)23/h3-7,12H,8-11,13-14H2,1-2H3,(H,24,27). The highest BCUT2D eigenvalue weighted by atomic mass is 35.5. The molecule has 0 bridgehead atoms. The lowest BCUT2D eigenvalue weighted by molar-refractivity contribution is -0.122. The minimum atomic E-state index is 0.0150. The fourth-order valence-electron chi connectivity index (χ4n) is 3.34. The van der Waals surface area contributed by atoms with E-state index in [4.69, 9.17) is 23.2 Å². The molecule has 0 spiro atoms. The summed E-state index contributed by atoms with van der Waals surface area (Å²) in [6.07, 6.45) is 0. The zero-order chi connectivity index (χ0) is 19.4. The van der Waals surface area contributed by atoms with Gasteiger partial charge in [-0.3, -0.25) is 9.69 Å². The molecule has 1 saturated heterocycles. The largest absolute Gasteiger partial charge is 0.369 e. The molecule has 0 aliphatic carbocycles. The number of carbonyl (C=O) groups excluding carboxylic acids is 1. The molecule has 27 heavy (non-hydrogen) atoms. The third-order valence-electron chi connectivity index (χ3n) is 5.15. The van der Waals surface area contributed by atoms with Crippen LogP contribution in [0, 0.1) is 13.8 Å². The number of amides is 1. The number of aryl methyl sites for hydroxylation is 1. The van der Waals surface area contributed by atoms with Crippen LogP contribution in [0.4, 0.5) is 5.69 Å². The Balaban J connectivity index is 1.47. The number of nitrogens with one attached hydrogen (secondary N) is 1. The summed E-state index contributed by atoms with van der Waals surface area (Å²) in [6, 6.07) is 11.7.